The van der Waals surface area contributed by atoms with Crippen LogP contribution in [0.25, 0.3) is 22.2 Å². The van der Waals surface area contributed by atoms with E-state index in [1.54, 1.807) is 25.1 Å². The minimum absolute atomic E-state index is 0.0873. The third-order valence-electron chi connectivity index (χ3n) is 6.95. The van der Waals surface area contributed by atoms with Crippen molar-refractivity contribution in [3.8, 4) is 11.1 Å². The number of aromatic nitrogens is 3. The van der Waals surface area contributed by atoms with Crippen molar-refractivity contribution in [2.45, 2.75) is 45.2 Å². The number of carbonyl (C=O) groups is 3. The van der Waals surface area contributed by atoms with Gasteiger partial charge in [0.15, 0.2) is 0 Å². The van der Waals surface area contributed by atoms with Crippen LogP contribution in [-0.2, 0) is 9.53 Å². The maximum absolute atomic E-state index is 13.2. The highest BCUT2D eigenvalue weighted by atomic mass is 16.5. The van der Waals surface area contributed by atoms with Gasteiger partial charge in [-0.2, -0.15) is 4.68 Å². The first-order valence-electron chi connectivity index (χ1n) is 13.1. The van der Waals surface area contributed by atoms with Crippen molar-refractivity contribution >= 4 is 28.9 Å². The summed E-state index contributed by atoms with van der Waals surface area (Å²) < 4.78 is 6.82. The van der Waals surface area contributed by atoms with Crippen molar-refractivity contribution in [3.63, 3.8) is 0 Å². The van der Waals surface area contributed by atoms with E-state index in [0.29, 0.717) is 17.5 Å². The van der Waals surface area contributed by atoms with Gasteiger partial charge >= 0.3 is 6.09 Å². The summed E-state index contributed by atoms with van der Waals surface area (Å²) in [5.41, 5.74) is 5.63. The van der Waals surface area contributed by atoms with Gasteiger partial charge in [0.1, 0.15) is 24.2 Å². The second-order valence-corrected chi connectivity index (χ2v) is 10.2. The molecule has 0 unspecified atom stereocenters. The van der Waals surface area contributed by atoms with Gasteiger partial charge in [0, 0.05) is 5.92 Å². The Morgan fingerprint density at radius 3 is 2.15 bits per heavy atom. The molecule has 0 fully saturated rings. The van der Waals surface area contributed by atoms with Crippen LogP contribution >= 0.6 is 0 Å². The molecule has 5 rings (SSSR count). The first-order chi connectivity index (χ1) is 18.8. The van der Waals surface area contributed by atoms with Crippen LogP contribution in [0, 0.1) is 5.92 Å². The third kappa shape index (κ3) is 5.38. The molecular formula is C30H31N5O4. The largest absolute Gasteiger partial charge is 0.449 e. The van der Waals surface area contributed by atoms with Crippen LogP contribution in [0.5, 0.6) is 0 Å². The zero-order valence-electron chi connectivity index (χ0n) is 22.1. The number of nitrogens with zero attached hydrogens (tertiary/aromatic N) is 3. The molecule has 1 heterocycles. The second kappa shape index (κ2) is 11.1. The van der Waals surface area contributed by atoms with Crippen LogP contribution in [0.1, 0.15) is 49.0 Å². The lowest BCUT2D eigenvalue weighted by molar-refractivity contribution is -0.123. The molecule has 0 saturated carbocycles. The molecule has 0 aliphatic heterocycles. The molecular weight excluding hydrogens is 494 g/mol. The number of fused-ring (bicyclic) bond motifs is 4. The monoisotopic (exact) mass is 525 g/mol. The van der Waals surface area contributed by atoms with Gasteiger partial charge in [-0.05, 0) is 53.6 Å². The molecule has 200 valence electrons. The van der Waals surface area contributed by atoms with Crippen LogP contribution in [0.2, 0.25) is 0 Å². The Morgan fingerprint density at radius 2 is 1.49 bits per heavy atom. The lowest BCUT2D eigenvalue weighted by Crippen LogP contribution is -2.52. The third-order valence-corrected chi connectivity index (χ3v) is 6.95. The molecule has 2 N–H and O–H groups in total. The van der Waals surface area contributed by atoms with Crippen LogP contribution in [0.4, 0.5) is 4.79 Å². The normalized spacial score (nSPS) is 13.9. The highest BCUT2D eigenvalue weighted by Crippen LogP contribution is 2.44. The van der Waals surface area contributed by atoms with Crippen LogP contribution < -0.4 is 10.6 Å². The summed E-state index contributed by atoms with van der Waals surface area (Å²) in [7, 11) is 0. The number of carbonyl (C=O) groups excluding carboxylic acids is 3. The van der Waals surface area contributed by atoms with Gasteiger partial charge in [-0.15, -0.1) is 5.10 Å². The van der Waals surface area contributed by atoms with Gasteiger partial charge in [-0.25, -0.2) is 4.79 Å². The van der Waals surface area contributed by atoms with Gasteiger partial charge in [0.2, 0.25) is 5.91 Å². The quantitative estimate of drug-likeness (QED) is 0.349. The van der Waals surface area contributed by atoms with Crippen molar-refractivity contribution in [2.75, 3.05) is 6.61 Å². The number of rotatable bonds is 8. The molecule has 1 aliphatic carbocycles. The number of benzene rings is 3. The average Bonchev–Trinajstić information content (AvgIpc) is 3.50. The summed E-state index contributed by atoms with van der Waals surface area (Å²) in [5.74, 6) is -0.875. The summed E-state index contributed by atoms with van der Waals surface area (Å²) in [6, 6.07) is 21.5. The zero-order chi connectivity index (χ0) is 27.5. The topological polar surface area (TPSA) is 115 Å². The molecule has 0 saturated heterocycles. The number of hydrogen-bond donors (Lipinski definition) is 2. The van der Waals surface area contributed by atoms with E-state index in [2.05, 4.69) is 33.1 Å². The van der Waals surface area contributed by atoms with E-state index in [0.717, 1.165) is 22.3 Å². The van der Waals surface area contributed by atoms with Gasteiger partial charge in [-0.3, -0.25) is 9.59 Å². The molecule has 39 heavy (non-hydrogen) atoms. The Labute approximate surface area is 226 Å². The van der Waals surface area contributed by atoms with Crippen molar-refractivity contribution < 1.29 is 19.1 Å². The first-order valence-corrected chi connectivity index (χ1v) is 13.1. The van der Waals surface area contributed by atoms with Gasteiger partial charge in [0.05, 0.1) is 5.52 Å². The van der Waals surface area contributed by atoms with Gasteiger partial charge in [0.25, 0.3) is 5.91 Å². The Balaban J connectivity index is 1.23. The summed E-state index contributed by atoms with van der Waals surface area (Å²) in [6.07, 6.45) is -0.303. The van der Waals surface area contributed by atoms with Crippen molar-refractivity contribution in [2.24, 2.45) is 5.92 Å². The smallest absolute Gasteiger partial charge is 0.407 e. The molecule has 0 spiro atoms. The molecule has 2 amide bonds. The molecule has 4 aromatic rings. The first kappa shape index (κ1) is 26.1. The van der Waals surface area contributed by atoms with Crippen LogP contribution in [0.15, 0.2) is 72.8 Å². The summed E-state index contributed by atoms with van der Waals surface area (Å²) in [5, 5.41) is 13.4. The van der Waals surface area contributed by atoms with Gasteiger partial charge < -0.3 is 15.4 Å². The average molecular weight is 526 g/mol. The molecule has 1 aliphatic rings. The van der Waals surface area contributed by atoms with Crippen molar-refractivity contribution in [1.82, 2.24) is 25.6 Å². The number of para-hydroxylation sites is 1. The fraction of sp³-hybridized carbons (Fsp3) is 0.300. The van der Waals surface area contributed by atoms with E-state index in [4.69, 9.17) is 4.74 Å². The minimum atomic E-state index is -0.887. The number of ether oxygens (including phenoxy) is 1. The van der Waals surface area contributed by atoms with Crippen LogP contribution in [0.3, 0.4) is 0 Å². The van der Waals surface area contributed by atoms with Crippen molar-refractivity contribution in [3.05, 3.63) is 83.9 Å². The minimum Gasteiger partial charge on any atom is -0.449 e. The summed E-state index contributed by atoms with van der Waals surface area (Å²) in [4.78, 5) is 39.0. The lowest BCUT2D eigenvalue weighted by atomic mass is 9.98. The molecule has 9 heteroatoms. The van der Waals surface area contributed by atoms with E-state index in [1.165, 1.54) is 4.68 Å². The molecule has 0 bridgehead atoms. The highest BCUT2D eigenvalue weighted by Gasteiger charge is 2.31. The Morgan fingerprint density at radius 1 is 0.872 bits per heavy atom. The predicted octanol–water partition coefficient (Wildman–Crippen LogP) is 4.53. The second-order valence-electron chi connectivity index (χ2n) is 10.2. The molecule has 3 aromatic carbocycles. The Hall–Kier alpha value is -4.53. The van der Waals surface area contributed by atoms with E-state index in [-0.39, 0.29) is 18.4 Å². The van der Waals surface area contributed by atoms with E-state index >= 15 is 0 Å². The van der Waals surface area contributed by atoms with Crippen molar-refractivity contribution in [1.29, 1.82) is 0 Å². The highest BCUT2D eigenvalue weighted by molar-refractivity contribution is 5.95. The standard InChI is InChI=1S/C30H31N5O4/c1-18(2)16-26(28(36)31-19(3)29(37)35-27-15-9-8-14-25(27)33-34-35)32-30(38)39-17-24-22-12-6-4-10-20(22)21-11-5-7-13-23(21)24/h4-15,18-19,24,26H,16-17H2,1-3H3,(H,31,36)(H,32,38)/t19-,26-/m0/s1. The maximum Gasteiger partial charge on any atom is 0.407 e. The van der Waals surface area contributed by atoms with Crippen LogP contribution in [-0.4, -0.2) is 51.6 Å². The predicted molar refractivity (Wildman–Crippen MR) is 147 cm³/mol. The number of amides is 2. The van der Waals surface area contributed by atoms with E-state index in [1.807, 2.05) is 56.3 Å². The van der Waals surface area contributed by atoms with E-state index in [9.17, 15) is 14.4 Å². The zero-order valence-corrected chi connectivity index (χ0v) is 22.1. The molecule has 9 nitrogen and oxygen atoms in total. The maximum atomic E-state index is 13.2. The lowest BCUT2D eigenvalue weighted by Gasteiger charge is -2.22. The fourth-order valence-electron chi connectivity index (χ4n) is 5.08. The fourth-order valence-corrected chi connectivity index (χ4v) is 5.08. The molecule has 2 atom stereocenters. The number of alkyl carbamates (subject to hydrolysis) is 1. The molecule has 1 aromatic heterocycles. The Kier molecular flexibility index (Phi) is 7.40. The SMILES string of the molecule is CC(C)C[C@H](NC(=O)OCC1c2ccccc2-c2ccccc21)C(=O)N[C@@H](C)C(=O)n1nnc2ccccc21. The number of hydrogen-bond acceptors (Lipinski definition) is 6. The van der Waals surface area contributed by atoms with Gasteiger partial charge in [-0.1, -0.05) is 79.7 Å². The molecule has 0 radical (unpaired) electrons. The van der Waals surface area contributed by atoms with E-state index < -0.39 is 30.0 Å². The Bertz CT molecular complexity index is 1480. The summed E-state index contributed by atoms with van der Waals surface area (Å²) >= 11 is 0. The summed E-state index contributed by atoms with van der Waals surface area (Å²) in [6.45, 7) is 5.63. The number of nitrogens with one attached hydrogen (secondary N) is 2.